The number of anilines is 1. The SMILES string of the molecule is Cc1cc(C(=O)Nc2ccc(C3(C(=O)O)CC3)cc2)n[nH]1. The number of hydrogen-bond donors (Lipinski definition) is 3. The largest absolute Gasteiger partial charge is 0.481 e. The Morgan fingerprint density at radius 2 is 1.95 bits per heavy atom. The van der Waals surface area contributed by atoms with E-state index in [1.54, 1.807) is 30.3 Å². The number of aryl methyl sites for hydroxylation is 1. The molecule has 6 heteroatoms. The van der Waals surface area contributed by atoms with E-state index in [4.69, 9.17) is 0 Å². The van der Waals surface area contributed by atoms with Gasteiger partial charge in [0.1, 0.15) is 0 Å². The molecule has 1 heterocycles. The summed E-state index contributed by atoms with van der Waals surface area (Å²) >= 11 is 0. The molecule has 1 amide bonds. The lowest BCUT2D eigenvalue weighted by Gasteiger charge is -2.11. The highest BCUT2D eigenvalue weighted by atomic mass is 16.4. The summed E-state index contributed by atoms with van der Waals surface area (Å²) in [5.74, 6) is -1.09. The van der Waals surface area contributed by atoms with Crippen molar-refractivity contribution in [2.24, 2.45) is 0 Å². The second-order valence-electron chi connectivity index (χ2n) is 5.35. The van der Waals surface area contributed by atoms with Crippen molar-refractivity contribution in [3.63, 3.8) is 0 Å². The number of carbonyl (C=O) groups is 2. The predicted molar refractivity (Wildman–Crippen MR) is 76.3 cm³/mol. The van der Waals surface area contributed by atoms with Gasteiger partial charge < -0.3 is 10.4 Å². The molecule has 1 aromatic carbocycles. The normalized spacial score (nSPS) is 15.5. The fraction of sp³-hybridized carbons (Fsp3) is 0.267. The van der Waals surface area contributed by atoms with Crippen LogP contribution < -0.4 is 5.32 Å². The summed E-state index contributed by atoms with van der Waals surface area (Å²) in [7, 11) is 0. The van der Waals surface area contributed by atoms with Crippen LogP contribution in [0.1, 0.15) is 34.6 Å². The fourth-order valence-electron chi connectivity index (χ4n) is 2.35. The second kappa shape index (κ2) is 4.73. The molecule has 1 saturated carbocycles. The molecule has 0 atom stereocenters. The Morgan fingerprint density at radius 3 is 2.43 bits per heavy atom. The van der Waals surface area contributed by atoms with Crippen LogP contribution in [-0.2, 0) is 10.2 Å². The number of hydrogen-bond acceptors (Lipinski definition) is 3. The minimum absolute atomic E-state index is 0.300. The van der Waals surface area contributed by atoms with E-state index in [-0.39, 0.29) is 5.91 Å². The van der Waals surface area contributed by atoms with Crippen molar-refractivity contribution >= 4 is 17.6 Å². The van der Waals surface area contributed by atoms with Crippen molar-refractivity contribution in [3.05, 3.63) is 47.3 Å². The Bertz CT molecular complexity index is 699. The number of benzene rings is 1. The van der Waals surface area contributed by atoms with Gasteiger partial charge in [-0.2, -0.15) is 5.10 Å². The fourth-order valence-corrected chi connectivity index (χ4v) is 2.35. The van der Waals surface area contributed by atoms with Crippen LogP contribution in [0.15, 0.2) is 30.3 Å². The van der Waals surface area contributed by atoms with E-state index < -0.39 is 11.4 Å². The maximum absolute atomic E-state index is 11.9. The molecule has 1 aliphatic carbocycles. The molecule has 1 aromatic heterocycles. The first kappa shape index (κ1) is 13.4. The van der Waals surface area contributed by atoms with Crippen LogP contribution in [0, 0.1) is 6.92 Å². The number of H-pyrrole nitrogens is 1. The highest BCUT2D eigenvalue weighted by Crippen LogP contribution is 2.48. The summed E-state index contributed by atoms with van der Waals surface area (Å²) in [6, 6.07) is 8.61. The minimum atomic E-state index is -0.786. The Labute approximate surface area is 121 Å². The third kappa shape index (κ3) is 2.40. The highest BCUT2D eigenvalue weighted by Gasteiger charge is 2.51. The predicted octanol–water partition coefficient (Wildman–Crippen LogP) is 2.09. The first-order valence-corrected chi connectivity index (χ1v) is 6.68. The van der Waals surface area contributed by atoms with E-state index in [1.807, 2.05) is 6.92 Å². The standard InChI is InChI=1S/C15H15N3O3/c1-9-8-12(18-17-9)13(19)16-11-4-2-10(3-5-11)15(6-7-15)14(20)21/h2-5,8H,6-7H2,1H3,(H,16,19)(H,17,18)(H,20,21). The van der Waals surface area contributed by atoms with Gasteiger partial charge in [0.25, 0.3) is 5.91 Å². The summed E-state index contributed by atoms with van der Waals surface area (Å²) in [4.78, 5) is 23.2. The molecule has 1 fully saturated rings. The molecule has 3 N–H and O–H groups in total. The average Bonchev–Trinajstić information content (AvgIpc) is 3.16. The number of aromatic nitrogens is 2. The van der Waals surface area contributed by atoms with Crippen LogP contribution in [0.25, 0.3) is 0 Å². The molecule has 0 saturated heterocycles. The van der Waals surface area contributed by atoms with Gasteiger partial charge in [-0.3, -0.25) is 14.7 Å². The molecule has 1 aliphatic rings. The average molecular weight is 285 g/mol. The lowest BCUT2D eigenvalue weighted by Crippen LogP contribution is -2.19. The molecule has 0 unspecified atom stereocenters. The number of amides is 1. The minimum Gasteiger partial charge on any atom is -0.481 e. The van der Waals surface area contributed by atoms with E-state index in [2.05, 4.69) is 15.5 Å². The Hall–Kier alpha value is -2.63. The smallest absolute Gasteiger partial charge is 0.314 e. The quantitative estimate of drug-likeness (QED) is 0.801. The number of rotatable bonds is 4. The number of carboxylic acids is 1. The number of nitrogens with one attached hydrogen (secondary N) is 2. The van der Waals surface area contributed by atoms with Gasteiger partial charge in [-0.25, -0.2) is 0 Å². The molecule has 2 aromatic rings. The van der Waals surface area contributed by atoms with Crippen molar-refractivity contribution < 1.29 is 14.7 Å². The molecule has 0 bridgehead atoms. The molecule has 0 radical (unpaired) electrons. The maximum Gasteiger partial charge on any atom is 0.314 e. The molecule has 0 spiro atoms. The van der Waals surface area contributed by atoms with Crippen LogP contribution in [0.3, 0.4) is 0 Å². The van der Waals surface area contributed by atoms with E-state index in [0.29, 0.717) is 24.2 Å². The molecule has 3 rings (SSSR count). The molecular weight excluding hydrogens is 270 g/mol. The van der Waals surface area contributed by atoms with Gasteiger partial charge in [-0.15, -0.1) is 0 Å². The monoisotopic (exact) mass is 285 g/mol. The van der Waals surface area contributed by atoms with Crippen molar-refractivity contribution in [2.45, 2.75) is 25.2 Å². The summed E-state index contributed by atoms with van der Waals surface area (Å²) in [6.45, 7) is 1.82. The van der Waals surface area contributed by atoms with Crippen molar-refractivity contribution in [1.29, 1.82) is 0 Å². The van der Waals surface area contributed by atoms with Gasteiger partial charge in [0.05, 0.1) is 5.41 Å². The highest BCUT2D eigenvalue weighted by molar-refractivity contribution is 6.02. The zero-order valence-electron chi connectivity index (χ0n) is 11.5. The van der Waals surface area contributed by atoms with E-state index in [0.717, 1.165) is 11.3 Å². The Morgan fingerprint density at radius 1 is 1.29 bits per heavy atom. The van der Waals surface area contributed by atoms with Gasteiger partial charge in [-0.05, 0) is 43.5 Å². The topological polar surface area (TPSA) is 95.1 Å². The number of carboxylic acid groups (broad SMARTS) is 1. The van der Waals surface area contributed by atoms with Crippen molar-refractivity contribution in [1.82, 2.24) is 10.2 Å². The van der Waals surface area contributed by atoms with Gasteiger partial charge >= 0.3 is 5.97 Å². The van der Waals surface area contributed by atoms with Crippen LogP contribution in [0.5, 0.6) is 0 Å². The van der Waals surface area contributed by atoms with Crippen LogP contribution in [-0.4, -0.2) is 27.2 Å². The zero-order valence-corrected chi connectivity index (χ0v) is 11.5. The number of carbonyl (C=O) groups excluding carboxylic acids is 1. The van der Waals surface area contributed by atoms with Crippen molar-refractivity contribution in [3.8, 4) is 0 Å². The lowest BCUT2D eigenvalue weighted by atomic mass is 9.96. The van der Waals surface area contributed by atoms with E-state index in [9.17, 15) is 14.7 Å². The number of aliphatic carboxylic acids is 1. The van der Waals surface area contributed by atoms with Crippen LogP contribution >= 0.6 is 0 Å². The first-order valence-electron chi connectivity index (χ1n) is 6.68. The molecule has 0 aliphatic heterocycles. The second-order valence-corrected chi connectivity index (χ2v) is 5.35. The summed E-state index contributed by atoms with van der Waals surface area (Å²) in [5, 5.41) is 18.6. The van der Waals surface area contributed by atoms with Gasteiger partial charge in [0.2, 0.25) is 0 Å². The van der Waals surface area contributed by atoms with Gasteiger partial charge in [0.15, 0.2) is 5.69 Å². The molecule has 108 valence electrons. The third-order valence-electron chi connectivity index (χ3n) is 3.79. The number of nitrogens with zero attached hydrogens (tertiary/aromatic N) is 1. The molecule has 6 nitrogen and oxygen atoms in total. The molecular formula is C15H15N3O3. The maximum atomic E-state index is 11.9. The molecule has 21 heavy (non-hydrogen) atoms. The van der Waals surface area contributed by atoms with Gasteiger partial charge in [-0.1, -0.05) is 12.1 Å². The first-order chi connectivity index (χ1) is 10.0. The Kier molecular flexibility index (Phi) is 3.01. The van der Waals surface area contributed by atoms with E-state index >= 15 is 0 Å². The summed E-state index contributed by atoms with van der Waals surface area (Å²) < 4.78 is 0. The lowest BCUT2D eigenvalue weighted by molar-refractivity contribution is -0.140. The Balaban J connectivity index is 1.73. The third-order valence-corrected chi connectivity index (χ3v) is 3.79. The van der Waals surface area contributed by atoms with E-state index in [1.165, 1.54) is 0 Å². The summed E-state index contributed by atoms with van der Waals surface area (Å²) in [5.41, 5.74) is 1.81. The van der Waals surface area contributed by atoms with Gasteiger partial charge in [0, 0.05) is 11.4 Å². The zero-order chi connectivity index (χ0) is 15.0. The van der Waals surface area contributed by atoms with Crippen LogP contribution in [0.2, 0.25) is 0 Å². The summed E-state index contributed by atoms with van der Waals surface area (Å²) in [6.07, 6.45) is 1.33. The van der Waals surface area contributed by atoms with Crippen LogP contribution in [0.4, 0.5) is 5.69 Å². The van der Waals surface area contributed by atoms with Crippen molar-refractivity contribution in [2.75, 3.05) is 5.32 Å². The number of aromatic amines is 1.